The van der Waals surface area contributed by atoms with E-state index in [4.69, 9.17) is 19.7 Å². The zero-order valence-electron chi connectivity index (χ0n) is 15.6. The van der Waals surface area contributed by atoms with Crippen LogP contribution in [0.3, 0.4) is 0 Å². The van der Waals surface area contributed by atoms with Crippen LogP contribution in [-0.4, -0.2) is 67.7 Å². The van der Waals surface area contributed by atoms with Crippen LogP contribution in [0.15, 0.2) is 18.2 Å². The molecule has 1 N–H and O–H groups in total. The average Bonchev–Trinajstić information content (AvgIpc) is 2.83. The van der Waals surface area contributed by atoms with Gasteiger partial charge in [0.15, 0.2) is 5.12 Å². The molecule has 0 bridgehead atoms. The lowest BCUT2D eigenvalue weighted by Crippen LogP contribution is -2.47. The molecule has 2 atom stereocenters. The van der Waals surface area contributed by atoms with Gasteiger partial charge in [-0.05, 0) is 18.2 Å². The van der Waals surface area contributed by atoms with Gasteiger partial charge in [0.05, 0.1) is 13.2 Å². The van der Waals surface area contributed by atoms with Crippen molar-refractivity contribution in [3.63, 3.8) is 0 Å². The molecule has 144 valence electrons. The van der Waals surface area contributed by atoms with Gasteiger partial charge in [-0.25, -0.2) is 0 Å². The summed E-state index contributed by atoms with van der Waals surface area (Å²) in [5.41, 5.74) is 1.01. The molecule has 0 aliphatic carbocycles. The van der Waals surface area contributed by atoms with E-state index in [2.05, 4.69) is 4.74 Å². The monoisotopic (exact) mass is 382 g/mol. The number of hydrogen-bond acceptors (Lipinski definition) is 6. The zero-order chi connectivity index (χ0) is 19.7. The van der Waals surface area contributed by atoms with Crippen LogP contribution < -0.4 is 9.47 Å². The lowest BCUT2D eigenvalue weighted by Gasteiger charge is -2.34. The molecule has 2 unspecified atom stereocenters. The Balaban J connectivity index is 0.000000615. The van der Waals surface area contributed by atoms with Gasteiger partial charge < -0.3 is 23.9 Å². The van der Waals surface area contributed by atoms with Gasteiger partial charge in [0.1, 0.15) is 30.7 Å². The highest BCUT2D eigenvalue weighted by Gasteiger charge is 2.31. The Morgan fingerprint density at radius 3 is 2.58 bits per heavy atom. The van der Waals surface area contributed by atoms with Gasteiger partial charge in [-0.3, -0.25) is 10.2 Å². The summed E-state index contributed by atoms with van der Waals surface area (Å²) < 4.78 is 15.4. The average molecular weight is 382 g/mol. The molecule has 0 fully saturated rings. The predicted octanol–water partition coefficient (Wildman–Crippen LogP) is 1.94. The molecule has 2 aliphatic heterocycles. The van der Waals surface area contributed by atoms with Crippen LogP contribution in [0.4, 0.5) is 0 Å². The van der Waals surface area contributed by atoms with E-state index in [0.717, 1.165) is 22.8 Å². The molecule has 0 radical (unpaired) electrons. The summed E-state index contributed by atoms with van der Waals surface area (Å²) >= 11 is 0. The quantitative estimate of drug-likeness (QED) is 0.747. The second-order valence-electron chi connectivity index (χ2n) is 5.56. The van der Waals surface area contributed by atoms with E-state index >= 15 is 0 Å². The van der Waals surface area contributed by atoms with Crippen molar-refractivity contribution in [2.24, 2.45) is 0 Å². The number of methoxy groups -OCH3 is 2. The molecular formula is C18H26N2O5S. The predicted molar refractivity (Wildman–Crippen MR) is 105 cm³/mol. The maximum absolute atomic E-state index is 11.6. The minimum atomic E-state index is -0.459. The van der Waals surface area contributed by atoms with Crippen LogP contribution in [0, 0.1) is 5.41 Å². The number of benzene rings is 1. The first-order valence-corrected chi connectivity index (χ1v) is 9.34. The van der Waals surface area contributed by atoms with E-state index in [1.165, 1.54) is 0 Å². The number of fused-ring (bicyclic) bond motifs is 2. The van der Waals surface area contributed by atoms with Crippen molar-refractivity contribution in [3.05, 3.63) is 23.8 Å². The summed E-state index contributed by atoms with van der Waals surface area (Å²) in [4.78, 5) is 21.6. The molecular weight excluding hydrogens is 356 g/mol. The largest absolute Gasteiger partial charge is 0.497 e. The topological polar surface area (TPSA) is 88.9 Å². The smallest absolute Gasteiger partial charge is 0.180 e. The highest BCUT2D eigenvalue weighted by atomic mass is 32.2. The number of hydrogen-bond donors (Lipinski definition) is 1. The number of amidine groups is 1. The van der Waals surface area contributed by atoms with Gasteiger partial charge in [0.2, 0.25) is 0 Å². The van der Waals surface area contributed by atoms with E-state index in [1.807, 2.05) is 29.9 Å². The van der Waals surface area contributed by atoms with E-state index in [-0.39, 0.29) is 11.2 Å². The van der Waals surface area contributed by atoms with E-state index in [9.17, 15) is 4.79 Å². The molecule has 0 amide bonds. The van der Waals surface area contributed by atoms with Gasteiger partial charge in [0.25, 0.3) is 0 Å². The Morgan fingerprint density at radius 2 is 2.00 bits per heavy atom. The van der Waals surface area contributed by atoms with Crippen molar-refractivity contribution in [2.45, 2.75) is 19.5 Å². The third kappa shape index (κ3) is 5.40. The molecule has 26 heavy (non-hydrogen) atoms. The first-order chi connectivity index (χ1) is 12.5. The second kappa shape index (κ2) is 10.7. The summed E-state index contributed by atoms with van der Waals surface area (Å²) in [6.45, 7) is 4.72. The van der Waals surface area contributed by atoms with Gasteiger partial charge in [0, 0.05) is 44.4 Å². The normalized spacial score (nSPS) is 20.3. The van der Waals surface area contributed by atoms with Gasteiger partial charge in [-0.2, -0.15) is 0 Å². The number of nitrogens with one attached hydrogen (secondary N) is 1. The van der Waals surface area contributed by atoms with Crippen molar-refractivity contribution in [1.29, 1.82) is 5.41 Å². The van der Waals surface area contributed by atoms with Crippen LogP contribution in [0.2, 0.25) is 0 Å². The summed E-state index contributed by atoms with van der Waals surface area (Å²) in [5.74, 6) is 2.78. The van der Waals surface area contributed by atoms with Crippen molar-refractivity contribution in [3.8, 4) is 11.5 Å². The maximum Gasteiger partial charge on any atom is 0.180 e. The molecule has 0 saturated carbocycles. The first kappa shape index (κ1) is 21.9. The van der Waals surface area contributed by atoms with Crippen LogP contribution >= 0.6 is 10.5 Å². The molecule has 1 aromatic carbocycles. The van der Waals surface area contributed by atoms with Crippen molar-refractivity contribution in [1.82, 2.24) is 4.90 Å². The fourth-order valence-corrected chi connectivity index (χ4v) is 4.21. The fraction of sp³-hybridized carbons (Fsp3) is 0.444. The molecule has 7 nitrogen and oxygen atoms in total. The van der Waals surface area contributed by atoms with Crippen LogP contribution in [0.5, 0.6) is 11.5 Å². The van der Waals surface area contributed by atoms with Crippen molar-refractivity contribution in [2.75, 3.05) is 33.7 Å². The lowest BCUT2D eigenvalue weighted by molar-refractivity contribution is -0.109. The highest BCUT2D eigenvalue weighted by Crippen LogP contribution is 2.32. The standard InChI is InChI=1S/C15H18N2O3S.C2H6O.CH2O/c1-10(18)21-8-12-7-20-14-4-3-13(19-2)5-11(14)6-17(12)15(16)9-21;1-3-2;1-2/h3-5,9,12,16H,6-8H2,1-2H3;1-2H3;1H2. The summed E-state index contributed by atoms with van der Waals surface area (Å²) in [7, 11) is 4.43. The van der Waals surface area contributed by atoms with E-state index in [0.29, 0.717) is 19.0 Å². The van der Waals surface area contributed by atoms with E-state index in [1.54, 1.807) is 33.6 Å². The van der Waals surface area contributed by atoms with Gasteiger partial charge >= 0.3 is 0 Å². The molecule has 0 spiro atoms. The summed E-state index contributed by atoms with van der Waals surface area (Å²) in [6, 6.07) is 5.81. The molecule has 2 heterocycles. The SMILES string of the molecule is C=O.COC.COc1ccc2c(c1)CN1C(=N)C=S(C(C)=O)CC1CO2. The molecule has 2 aliphatic rings. The maximum atomic E-state index is 11.6. The minimum Gasteiger partial charge on any atom is -0.497 e. The fourth-order valence-electron chi connectivity index (χ4n) is 2.61. The Kier molecular flexibility index (Phi) is 9.01. The molecule has 0 aromatic heterocycles. The van der Waals surface area contributed by atoms with Gasteiger partial charge in [-0.1, -0.05) is 0 Å². The zero-order valence-corrected chi connectivity index (χ0v) is 16.4. The van der Waals surface area contributed by atoms with E-state index < -0.39 is 10.5 Å². The molecule has 1 aromatic rings. The van der Waals surface area contributed by atoms with Crippen LogP contribution in [0.1, 0.15) is 12.5 Å². The first-order valence-electron chi connectivity index (χ1n) is 7.89. The second-order valence-corrected chi connectivity index (χ2v) is 7.57. The number of rotatable bonds is 1. The molecule has 0 saturated heterocycles. The molecule has 3 rings (SSSR count). The highest BCUT2D eigenvalue weighted by molar-refractivity contribution is 8.28. The summed E-state index contributed by atoms with van der Waals surface area (Å²) in [6.07, 6.45) is 0. The Hall–Kier alpha value is -2.19. The van der Waals surface area contributed by atoms with Crippen LogP contribution in [-0.2, 0) is 20.9 Å². The summed E-state index contributed by atoms with van der Waals surface area (Å²) in [5, 5.41) is 10.1. The van der Waals surface area contributed by atoms with Crippen molar-refractivity contribution < 1.29 is 23.8 Å². The number of carbonyl (C=O) groups is 2. The Labute approximate surface area is 156 Å². The minimum absolute atomic E-state index is 0.0770. The lowest BCUT2D eigenvalue weighted by atomic mass is 10.1. The van der Waals surface area contributed by atoms with Crippen molar-refractivity contribution >= 4 is 33.6 Å². The molecule has 8 heteroatoms. The van der Waals surface area contributed by atoms with Crippen LogP contribution in [0.25, 0.3) is 0 Å². The Bertz CT molecular complexity index is 678. The Morgan fingerprint density at radius 1 is 1.35 bits per heavy atom. The third-order valence-corrected chi connectivity index (χ3v) is 5.77. The number of carbonyl (C=O) groups excluding carboxylic acids is 2. The third-order valence-electron chi connectivity index (χ3n) is 3.78. The van der Waals surface area contributed by atoms with Gasteiger partial charge in [-0.15, -0.1) is 10.5 Å². The number of ether oxygens (including phenoxy) is 3. The number of nitrogens with zero attached hydrogens (tertiary/aromatic N) is 1.